The van der Waals surface area contributed by atoms with Crippen molar-refractivity contribution in [2.24, 2.45) is 0 Å². The van der Waals surface area contributed by atoms with E-state index in [4.69, 9.17) is 9.47 Å². The molecule has 13 heteroatoms. The molecule has 0 amide bonds. The maximum atomic E-state index is 15.3. The van der Waals surface area contributed by atoms with Crippen molar-refractivity contribution in [2.75, 3.05) is 45.4 Å². The van der Waals surface area contributed by atoms with Crippen LogP contribution in [0.4, 0.5) is 19.1 Å². The highest BCUT2D eigenvalue weighted by Gasteiger charge is 2.36. The number of nitrogens with one attached hydrogen (secondary N) is 1. The highest BCUT2D eigenvalue weighted by atomic mass is 19.1. The quantitative estimate of drug-likeness (QED) is 0.401. The molecular weight excluding hydrogens is 489 g/mol. The Labute approximate surface area is 210 Å². The maximum Gasteiger partial charge on any atom is 0.244 e. The van der Waals surface area contributed by atoms with Gasteiger partial charge < -0.3 is 14.8 Å². The van der Waals surface area contributed by atoms with Crippen molar-refractivity contribution in [2.45, 2.75) is 37.6 Å². The molecule has 3 atom stereocenters. The van der Waals surface area contributed by atoms with Crippen LogP contribution in [0.1, 0.15) is 19.4 Å². The molecule has 5 heterocycles. The number of anilines is 1. The molecule has 0 unspecified atom stereocenters. The molecule has 2 aliphatic rings. The van der Waals surface area contributed by atoms with E-state index in [0.29, 0.717) is 48.3 Å². The third kappa shape index (κ3) is 4.15. The Balaban J connectivity index is 1.33. The Bertz CT molecular complexity index is 1440. The summed E-state index contributed by atoms with van der Waals surface area (Å²) >= 11 is 0. The third-order valence-electron chi connectivity index (χ3n) is 7.17. The molecule has 2 saturated heterocycles. The van der Waals surface area contributed by atoms with Gasteiger partial charge in [0.1, 0.15) is 23.9 Å². The Kier molecular flexibility index (Phi) is 6.11. The zero-order valence-corrected chi connectivity index (χ0v) is 20.4. The molecule has 2 aliphatic heterocycles. The predicted octanol–water partition coefficient (Wildman–Crippen LogP) is 3.04. The average Bonchev–Trinajstić information content (AvgIpc) is 3.43. The first kappa shape index (κ1) is 23.9. The van der Waals surface area contributed by atoms with Crippen molar-refractivity contribution in [3.05, 3.63) is 30.2 Å². The van der Waals surface area contributed by atoms with Crippen LogP contribution < -0.4 is 10.1 Å². The van der Waals surface area contributed by atoms with Crippen LogP contribution in [0.25, 0.3) is 27.7 Å². The van der Waals surface area contributed by atoms with Gasteiger partial charge in [0, 0.05) is 13.1 Å². The van der Waals surface area contributed by atoms with E-state index >= 15 is 4.39 Å². The highest BCUT2D eigenvalue weighted by Crippen LogP contribution is 2.36. The fourth-order valence-corrected chi connectivity index (χ4v) is 5.00. The first-order chi connectivity index (χ1) is 18.0. The van der Waals surface area contributed by atoms with Crippen LogP contribution in [0.5, 0.6) is 5.88 Å². The molecule has 0 bridgehead atoms. The molecule has 0 spiro atoms. The van der Waals surface area contributed by atoms with Gasteiger partial charge >= 0.3 is 0 Å². The number of nitrogens with zero attached hydrogens (tertiary/aromatic N) is 7. The van der Waals surface area contributed by atoms with Gasteiger partial charge in [-0.25, -0.2) is 22.4 Å². The number of halogens is 3. The van der Waals surface area contributed by atoms with Gasteiger partial charge in [0.05, 0.1) is 55.7 Å². The molecule has 0 aliphatic carbocycles. The van der Waals surface area contributed by atoms with E-state index in [1.54, 1.807) is 25.1 Å². The van der Waals surface area contributed by atoms with Crippen molar-refractivity contribution in [1.82, 2.24) is 34.5 Å². The molecule has 3 aromatic heterocycles. The van der Waals surface area contributed by atoms with Crippen LogP contribution >= 0.6 is 0 Å². The molecule has 1 N–H and O–H groups in total. The number of fused-ring (bicyclic) bond motifs is 2. The highest BCUT2D eigenvalue weighted by molar-refractivity contribution is 5.89. The summed E-state index contributed by atoms with van der Waals surface area (Å²) < 4.78 is 57.2. The number of hydrogen-bond acceptors (Lipinski definition) is 8. The standard InChI is InChI=1S/C24H27F3N8O2/c1-13(8-25)35-20-7-14(3-4-19(20)30-32-35)21-17(27)10-34-22(21)23(36-2)29-24(31-34)28-18-5-6-33(9-16(18)26)15-11-37-12-15/h3-4,7,10,13,15-16,18H,5-6,8-9,11-12H2,1-2H3,(H,28,31)/t13-,16-,18+/m1/s1. The number of piperidine rings is 1. The molecule has 2 fully saturated rings. The van der Waals surface area contributed by atoms with E-state index in [1.807, 2.05) is 0 Å². The van der Waals surface area contributed by atoms with Gasteiger partial charge in [0.25, 0.3) is 0 Å². The monoisotopic (exact) mass is 516 g/mol. The number of benzene rings is 1. The first-order valence-electron chi connectivity index (χ1n) is 12.2. The summed E-state index contributed by atoms with van der Waals surface area (Å²) in [5.41, 5.74) is 2.21. The van der Waals surface area contributed by atoms with Crippen LogP contribution in [0.2, 0.25) is 0 Å². The van der Waals surface area contributed by atoms with Gasteiger partial charge in [-0.05, 0) is 31.0 Å². The largest absolute Gasteiger partial charge is 0.479 e. The topological polar surface area (TPSA) is 94.6 Å². The number of ether oxygens (including phenoxy) is 2. The van der Waals surface area contributed by atoms with Crippen LogP contribution in [0.15, 0.2) is 24.4 Å². The molecule has 37 heavy (non-hydrogen) atoms. The van der Waals surface area contributed by atoms with Gasteiger partial charge in [-0.3, -0.25) is 4.90 Å². The summed E-state index contributed by atoms with van der Waals surface area (Å²) in [6, 6.07) is 4.40. The summed E-state index contributed by atoms with van der Waals surface area (Å²) in [5, 5.41) is 15.6. The molecule has 10 nitrogen and oxygen atoms in total. The lowest BCUT2D eigenvalue weighted by Gasteiger charge is -2.42. The second kappa shape index (κ2) is 9.45. The molecule has 1 aromatic carbocycles. The normalized spacial score (nSPS) is 21.9. The minimum atomic E-state index is -1.12. The molecular formula is C24H27F3N8O2. The second-order valence-electron chi connectivity index (χ2n) is 9.57. The van der Waals surface area contributed by atoms with Crippen LogP contribution in [-0.4, -0.2) is 92.8 Å². The number of rotatable bonds is 7. The lowest BCUT2D eigenvalue weighted by atomic mass is 10.0. The number of hydrogen-bond donors (Lipinski definition) is 1. The van der Waals surface area contributed by atoms with Crippen molar-refractivity contribution < 1.29 is 22.6 Å². The number of aromatic nitrogens is 6. The van der Waals surface area contributed by atoms with E-state index in [0.717, 1.165) is 6.54 Å². The summed E-state index contributed by atoms with van der Waals surface area (Å²) in [7, 11) is 1.43. The fraction of sp³-hybridized carbons (Fsp3) is 0.500. The molecule has 4 aromatic rings. The van der Waals surface area contributed by atoms with E-state index in [2.05, 4.69) is 30.6 Å². The molecule has 196 valence electrons. The van der Waals surface area contributed by atoms with Crippen LogP contribution in [-0.2, 0) is 4.74 Å². The Hall–Kier alpha value is -3.45. The Morgan fingerprint density at radius 1 is 1.30 bits per heavy atom. The summed E-state index contributed by atoms with van der Waals surface area (Å²) in [6.45, 7) is 3.41. The Morgan fingerprint density at radius 3 is 2.84 bits per heavy atom. The van der Waals surface area contributed by atoms with Crippen molar-refractivity contribution >= 4 is 22.5 Å². The number of methoxy groups -OCH3 is 1. The minimum absolute atomic E-state index is 0.139. The van der Waals surface area contributed by atoms with E-state index < -0.39 is 30.7 Å². The van der Waals surface area contributed by atoms with Crippen molar-refractivity contribution in [1.29, 1.82) is 0 Å². The third-order valence-corrected chi connectivity index (χ3v) is 7.17. The van der Waals surface area contributed by atoms with E-state index in [-0.39, 0.29) is 23.4 Å². The van der Waals surface area contributed by atoms with Gasteiger partial charge in [0.2, 0.25) is 11.8 Å². The molecule has 6 rings (SSSR count). The Morgan fingerprint density at radius 2 is 2.14 bits per heavy atom. The zero-order valence-electron chi connectivity index (χ0n) is 20.4. The van der Waals surface area contributed by atoms with Gasteiger partial charge in [-0.15, -0.1) is 10.2 Å². The maximum absolute atomic E-state index is 15.3. The first-order valence-corrected chi connectivity index (χ1v) is 12.2. The van der Waals surface area contributed by atoms with E-state index in [1.165, 1.54) is 22.5 Å². The number of likely N-dealkylation sites (tertiary alicyclic amines) is 1. The van der Waals surface area contributed by atoms with E-state index in [9.17, 15) is 8.78 Å². The smallest absolute Gasteiger partial charge is 0.244 e. The van der Waals surface area contributed by atoms with Crippen LogP contribution in [0.3, 0.4) is 0 Å². The van der Waals surface area contributed by atoms with Gasteiger partial charge in [0.15, 0.2) is 5.82 Å². The summed E-state index contributed by atoms with van der Waals surface area (Å²) in [5.74, 6) is -0.255. The van der Waals surface area contributed by atoms with Crippen LogP contribution in [0, 0.1) is 5.82 Å². The molecule has 0 radical (unpaired) electrons. The average molecular weight is 517 g/mol. The van der Waals surface area contributed by atoms with Crippen molar-refractivity contribution in [3.63, 3.8) is 0 Å². The van der Waals surface area contributed by atoms with Crippen molar-refractivity contribution in [3.8, 4) is 17.0 Å². The molecule has 0 saturated carbocycles. The SMILES string of the molecule is COc1nc(N[C@H]2CCN(C3COC3)C[C@H]2F)nn2cc(F)c(-c3ccc4nnn([C@H](C)CF)c4c3)c12. The van der Waals surface area contributed by atoms with Gasteiger partial charge in [-0.1, -0.05) is 11.3 Å². The summed E-state index contributed by atoms with van der Waals surface area (Å²) in [4.78, 5) is 6.54. The fourth-order valence-electron chi connectivity index (χ4n) is 5.00. The number of alkyl halides is 2. The zero-order chi connectivity index (χ0) is 25.7. The minimum Gasteiger partial charge on any atom is -0.479 e. The second-order valence-corrected chi connectivity index (χ2v) is 9.57. The summed E-state index contributed by atoms with van der Waals surface area (Å²) in [6.07, 6.45) is 0.690. The van der Waals surface area contributed by atoms with Gasteiger partial charge in [-0.2, -0.15) is 4.98 Å². The lowest BCUT2D eigenvalue weighted by molar-refractivity contribution is -0.0794. The lowest BCUT2D eigenvalue weighted by Crippen LogP contribution is -2.57. The predicted molar refractivity (Wildman–Crippen MR) is 130 cm³/mol.